The van der Waals surface area contributed by atoms with Gasteiger partial charge in [-0.1, -0.05) is 55.6 Å². The topological polar surface area (TPSA) is 48.9 Å². The number of phenolic OH excluding ortho intramolecular Hbond substituents is 1. The number of aromatic hydroxyl groups is 1. The summed E-state index contributed by atoms with van der Waals surface area (Å²) in [6.45, 7) is 0. The van der Waals surface area contributed by atoms with E-state index in [0.29, 0.717) is 5.02 Å². The highest BCUT2D eigenvalue weighted by Crippen LogP contribution is 2.31. The minimum absolute atomic E-state index is 0.0142. The summed E-state index contributed by atoms with van der Waals surface area (Å²) in [5.74, 6) is 0.283. The highest BCUT2D eigenvalue weighted by Gasteiger charge is 2.29. The normalized spacial score (nSPS) is 19.0. The van der Waals surface area contributed by atoms with Crippen LogP contribution < -0.4 is 10.6 Å². The first kappa shape index (κ1) is 19.5. The van der Waals surface area contributed by atoms with Crippen LogP contribution in [0.3, 0.4) is 0 Å². The van der Waals surface area contributed by atoms with Crippen LogP contribution in [0, 0.1) is 0 Å². The second-order valence-corrected chi connectivity index (χ2v) is 8.95. The van der Waals surface area contributed by atoms with Crippen molar-refractivity contribution in [3.8, 4) is 5.75 Å². The molecule has 3 aromatic carbocycles. The zero-order valence-electron chi connectivity index (χ0n) is 14.7. The van der Waals surface area contributed by atoms with Crippen molar-refractivity contribution in [3.05, 3.63) is 103 Å². The predicted octanol–water partition coefficient (Wildman–Crippen LogP) is 5.52. The van der Waals surface area contributed by atoms with E-state index in [0.717, 1.165) is 31.3 Å². The van der Waals surface area contributed by atoms with Gasteiger partial charge in [-0.15, -0.1) is 0 Å². The van der Waals surface area contributed by atoms with Crippen LogP contribution in [0.2, 0.25) is 5.02 Å². The molecule has 0 aromatic heterocycles. The first-order valence-corrected chi connectivity index (χ1v) is 10.8. The Balaban J connectivity index is 1.78. The Morgan fingerprint density at radius 2 is 1.68 bits per heavy atom. The summed E-state index contributed by atoms with van der Waals surface area (Å²) in [4.78, 5) is 0. The summed E-state index contributed by atoms with van der Waals surface area (Å²) in [6, 6.07) is 21.5. The zero-order chi connectivity index (χ0) is 19.7. The van der Waals surface area contributed by atoms with Gasteiger partial charge < -0.3 is 15.7 Å². The molecule has 0 fully saturated rings. The Morgan fingerprint density at radius 1 is 0.929 bits per heavy atom. The third kappa shape index (κ3) is 4.28. The molecule has 0 spiro atoms. The van der Waals surface area contributed by atoms with Crippen molar-refractivity contribution in [2.75, 3.05) is 0 Å². The molecule has 142 valence electrons. The van der Waals surface area contributed by atoms with E-state index >= 15 is 0 Å². The molecule has 3 aromatic rings. The van der Waals surface area contributed by atoms with Gasteiger partial charge in [0.05, 0.1) is 5.56 Å². The van der Waals surface area contributed by atoms with Crippen molar-refractivity contribution in [1.29, 1.82) is 0 Å². The minimum Gasteiger partial charge on any atom is -0.507 e. The number of hydrogen-bond acceptors (Lipinski definition) is 2. The summed E-state index contributed by atoms with van der Waals surface area (Å²) >= 11 is 13.1. The SMILES string of the molecule is Oc1ccc(Br)cc1C1C=C(c2cccc(Br)c2)NC(c2ccc(Cl)cc2)[NH2+]1. The van der Waals surface area contributed by atoms with Gasteiger partial charge in [-0.2, -0.15) is 0 Å². The third-order valence-electron chi connectivity index (χ3n) is 4.77. The highest BCUT2D eigenvalue weighted by atomic mass is 79.9. The number of nitrogens with one attached hydrogen (secondary N) is 1. The summed E-state index contributed by atoms with van der Waals surface area (Å²) in [6.07, 6.45) is 2.13. The van der Waals surface area contributed by atoms with E-state index in [1.807, 2.05) is 48.5 Å². The first-order chi connectivity index (χ1) is 13.5. The van der Waals surface area contributed by atoms with Gasteiger partial charge in [-0.05, 0) is 60.2 Å². The van der Waals surface area contributed by atoms with Gasteiger partial charge in [0.2, 0.25) is 0 Å². The van der Waals surface area contributed by atoms with Gasteiger partial charge in [0.1, 0.15) is 11.8 Å². The van der Waals surface area contributed by atoms with E-state index in [9.17, 15) is 5.11 Å². The van der Waals surface area contributed by atoms with Crippen molar-refractivity contribution in [2.24, 2.45) is 0 Å². The molecule has 3 nitrogen and oxygen atoms in total. The molecule has 1 heterocycles. The van der Waals surface area contributed by atoms with Gasteiger partial charge in [-0.25, -0.2) is 0 Å². The van der Waals surface area contributed by atoms with Gasteiger partial charge in [-0.3, -0.25) is 0 Å². The molecule has 0 saturated carbocycles. The summed E-state index contributed by atoms with van der Waals surface area (Å²) in [5.41, 5.74) is 4.08. The molecule has 0 amide bonds. The van der Waals surface area contributed by atoms with Crippen LogP contribution in [-0.4, -0.2) is 5.11 Å². The highest BCUT2D eigenvalue weighted by molar-refractivity contribution is 9.10. The number of quaternary nitrogens is 1. The van der Waals surface area contributed by atoms with Crippen molar-refractivity contribution in [2.45, 2.75) is 12.2 Å². The van der Waals surface area contributed by atoms with Crippen LogP contribution in [0.4, 0.5) is 0 Å². The zero-order valence-corrected chi connectivity index (χ0v) is 18.7. The van der Waals surface area contributed by atoms with E-state index in [1.165, 1.54) is 0 Å². The number of hydrogen-bond donors (Lipinski definition) is 3. The van der Waals surface area contributed by atoms with E-state index in [-0.39, 0.29) is 18.0 Å². The maximum Gasteiger partial charge on any atom is 0.186 e. The molecule has 1 aliphatic rings. The lowest BCUT2D eigenvalue weighted by atomic mass is 9.98. The molecule has 0 saturated heterocycles. The Bertz CT molecular complexity index is 1040. The fraction of sp³-hybridized carbons (Fsp3) is 0.0909. The van der Waals surface area contributed by atoms with Gasteiger partial charge in [0.25, 0.3) is 0 Å². The van der Waals surface area contributed by atoms with Gasteiger partial charge in [0.15, 0.2) is 6.17 Å². The molecule has 0 bridgehead atoms. The number of rotatable bonds is 3. The molecule has 2 unspecified atom stereocenters. The van der Waals surface area contributed by atoms with Crippen LogP contribution in [0.15, 0.2) is 81.8 Å². The van der Waals surface area contributed by atoms with Crippen LogP contribution in [0.25, 0.3) is 5.70 Å². The predicted molar refractivity (Wildman–Crippen MR) is 120 cm³/mol. The average Bonchev–Trinajstić information content (AvgIpc) is 2.70. The monoisotopic (exact) mass is 519 g/mol. The summed E-state index contributed by atoms with van der Waals surface area (Å²) in [5, 5.41) is 17.0. The van der Waals surface area contributed by atoms with Crippen LogP contribution >= 0.6 is 43.5 Å². The average molecular weight is 522 g/mol. The van der Waals surface area contributed by atoms with E-state index in [2.05, 4.69) is 60.7 Å². The molecular formula is C22H18Br2ClN2O+. The molecule has 1 aliphatic heterocycles. The fourth-order valence-electron chi connectivity index (χ4n) is 3.39. The third-order valence-corrected chi connectivity index (χ3v) is 6.01. The second-order valence-electron chi connectivity index (χ2n) is 6.69. The molecule has 0 radical (unpaired) electrons. The number of nitrogens with two attached hydrogens (primary N) is 1. The standard InChI is InChI=1S/C22H17Br2ClN2O/c23-15-3-1-2-14(10-15)19-12-20(18-11-16(24)6-9-21(18)28)27-22(26-19)13-4-7-17(25)8-5-13/h1-12,20,22,26-28H/p+1. The van der Waals surface area contributed by atoms with Gasteiger partial charge in [0, 0.05) is 31.3 Å². The van der Waals surface area contributed by atoms with E-state index in [4.69, 9.17) is 11.6 Å². The molecule has 4 rings (SSSR count). The van der Waals surface area contributed by atoms with Crippen LogP contribution in [-0.2, 0) is 0 Å². The molecule has 28 heavy (non-hydrogen) atoms. The molecule has 0 aliphatic carbocycles. The largest absolute Gasteiger partial charge is 0.507 e. The van der Waals surface area contributed by atoms with Crippen LogP contribution in [0.5, 0.6) is 5.75 Å². The van der Waals surface area contributed by atoms with E-state index < -0.39 is 0 Å². The molecular weight excluding hydrogens is 504 g/mol. The number of benzene rings is 3. The summed E-state index contributed by atoms with van der Waals surface area (Å²) in [7, 11) is 0. The van der Waals surface area contributed by atoms with Crippen molar-refractivity contribution in [3.63, 3.8) is 0 Å². The van der Waals surface area contributed by atoms with Crippen molar-refractivity contribution in [1.82, 2.24) is 5.32 Å². The lowest BCUT2D eigenvalue weighted by molar-refractivity contribution is -0.731. The fourth-order valence-corrected chi connectivity index (χ4v) is 4.30. The van der Waals surface area contributed by atoms with Crippen LogP contribution in [0.1, 0.15) is 28.9 Å². The maximum absolute atomic E-state index is 10.5. The lowest BCUT2D eigenvalue weighted by Gasteiger charge is -2.30. The van der Waals surface area contributed by atoms with Crippen molar-refractivity contribution >= 4 is 49.2 Å². The Morgan fingerprint density at radius 3 is 2.43 bits per heavy atom. The minimum atomic E-state index is -0.0478. The Hall–Kier alpha value is -1.79. The quantitative estimate of drug-likeness (QED) is 0.425. The van der Waals surface area contributed by atoms with E-state index in [1.54, 1.807) is 6.07 Å². The molecule has 6 heteroatoms. The molecule has 4 N–H and O–H groups in total. The second kappa shape index (κ2) is 8.29. The first-order valence-electron chi connectivity index (χ1n) is 8.83. The smallest absolute Gasteiger partial charge is 0.186 e. The Kier molecular flexibility index (Phi) is 5.78. The number of halogens is 3. The number of phenols is 1. The van der Waals surface area contributed by atoms with Gasteiger partial charge >= 0.3 is 0 Å². The maximum atomic E-state index is 10.5. The van der Waals surface area contributed by atoms with Crippen molar-refractivity contribution < 1.29 is 10.4 Å². The Labute approximate surface area is 185 Å². The summed E-state index contributed by atoms with van der Waals surface area (Å²) < 4.78 is 1.96. The molecule has 2 atom stereocenters. The lowest BCUT2D eigenvalue weighted by Crippen LogP contribution is -2.89.